The van der Waals surface area contributed by atoms with E-state index in [9.17, 15) is 9.59 Å². The zero-order valence-electron chi connectivity index (χ0n) is 19.3. The molecule has 4 aromatic rings. The molecule has 5 rings (SSSR count). The first kappa shape index (κ1) is 22.9. The van der Waals surface area contributed by atoms with E-state index in [1.165, 1.54) is 22.5 Å². The lowest BCUT2D eigenvalue weighted by molar-refractivity contribution is 0.0950. The smallest absolute Gasteiger partial charge is 0.280 e. The second kappa shape index (κ2) is 10.2. The van der Waals surface area contributed by atoms with Gasteiger partial charge >= 0.3 is 0 Å². The van der Waals surface area contributed by atoms with Crippen molar-refractivity contribution in [1.29, 1.82) is 0 Å². The van der Waals surface area contributed by atoms with Crippen molar-refractivity contribution in [3.8, 4) is 11.3 Å². The van der Waals surface area contributed by atoms with Crippen molar-refractivity contribution in [2.75, 3.05) is 18.9 Å². The monoisotopic (exact) mass is 483 g/mol. The van der Waals surface area contributed by atoms with Gasteiger partial charge in [-0.3, -0.25) is 14.6 Å². The molecule has 8 heteroatoms. The molecule has 0 saturated carbocycles. The Morgan fingerprint density at radius 3 is 2.83 bits per heavy atom. The third-order valence-corrected chi connectivity index (χ3v) is 6.81. The van der Waals surface area contributed by atoms with Gasteiger partial charge in [0.05, 0.1) is 5.69 Å². The van der Waals surface area contributed by atoms with Crippen molar-refractivity contribution >= 4 is 28.8 Å². The summed E-state index contributed by atoms with van der Waals surface area (Å²) in [7, 11) is 2.10. The summed E-state index contributed by atoms with van der Waals surface area (Å²) >= 11 is 1.29. The first-order valence-corrected chi connectivity index (χ1v) is 12.3. The minimum atomic E-state index is -0.251. The zero-order valence-corrected chi connectivity index (χ0v) is 20.1. The Labute approximate surface area is 207 Å². The minimum Gasteiger partial charge on any atom is -0.346 e. The lowest BCUT2D eigenvalue weighted by Crippen LogP contribution is -2.26. The van der Waals surface area contributed by atoms with E-state index in [0.717, 1.165) is 42.0 Å². The van der Waals surface area contributed by atoms with Crippen LogP contribution >= 0.6 is 11.3 Å². The Bertz CT molecular complexity index is 1370. The van der Waals surface area contributed by atoms with Crippen LogP contribution in [0.2, 0.25) is 0 Å². The van der Waals surface area contributed by atoms with Crippen molar-refractivity contribution in [2.24, 2.45) is 0 Å². The summed E-state index contributed by atoms with van der Waals surface area (Å²) in [4.78, 5) is 36.3. The van der Waals surface area contributed by atoms with Gasteiger partial charge in [0, 0.05) is 54.2 Å². The Morgan fingerprint density at radius 2 is 1.97 bits per heavy atom. The van der Waals surface area contributed by atoms with E-state index in [2.05, 4.69) is 44.7 Å². The fraction of sp³-hybridized carbons (Fsp3) is 0.185. The molecule has 0 aliphatic carbocycles. The number of nitrogens with one attached hydrogen (secondary N) is 2. The van der Waals surface area contributed by atoms with Crippen molar-refractivity contribution in [3.05, 3.63) is 99.6 Å². The van der Waals surface area contributed by atoms with E-state index >= 15 is 0 Å². The second-order valence-electron chi connectivity index (χ2n) is 8.59. The number of hydrogen-bond donors (Lipinski definition) is 2. The van der Waals surface area contributed by atoms with Gasteiger partial charge in [-0.25, -0.2) is 4.98 Å². The van der Waals surface area contributed by atoms with Gasteiger partial charge in [-0.2, -0.15) is 0 Å². The molecule has 0 atom stereocenters. The van der Waals surface area contributed by atoms with Gasteiger partial charge in [-0.05, 0) is 66.6 Å². The number of anilines is 1. The summed E-state index contributed by atoms with van der Waals surface area (Å²) in [6.07, 6.45) is 4.44. The van der Waals surface area contributed by atoms with Crippen molar-refractivity contribution < 1.29 is 9.59 Å². The van der Waals surface area contributed by atoms with E-state index in [1.54, 1.807) is 24.5 Å². The highest BCUT2D eigenvalue weighted by Gasteiger charge is 2.15. The highest BCUT2D eigenvalue weighted by Crippen LogP contribution is 2.23. The summed E-state index contributed by atoms with van der Waals surface area (Å²) in [5, 5.41) is 8.12. The number of rotatable bonds is 6. The predicted octanol–water partition coefficient (Wildman–Crippen LogP) is 4.38. The number of thiazole rings is 1. The number of carbonyl (C=O) groups excluding carboxylic acids is 2. The molecule has 3 heterocycles. The lowest BCUT2D eigenvalue weighted by atomic mass is 9.99. The van der Waals surface area contributed by atoms with Gasteiger partial charge in [-0.15, -0.1) is 11.3 Å². The highest BCUT2D eigenvalue weighted by atomic mass is 32.1. The lowest BCUT2D eigenvalue weighted by Gasteiger charge is -2.25. The fourth-order valence-corrected chi connectivity index (χ4v) is 4.83. The molecule has 0 spiro atoms. The third kappa shape index (κ3) is 5.45. The molecule has 0 saturated heterocycles. The molecular formula is C27H25N5O2S. The molecule has 0 radical (unpaired) electrons. The largest absolute Gasteiger partial charge is 0.346 e. The fourth-order valence-electron chi connectivity index (χ4n) is 4.08. The van der Waals surface area contributed by atoms with E-state index in [-0.39, 0.29) is 11.8 Å². The van der Waals surface area contributed by atoms with Gasteiger partial charge < -0.3 is 15.5 Å². The predicted molar refractivity (Wildman–Crippen MR) is 137 cm³/mol. The maximum Gasteiger partial charge on any atom is 0.280 e. The Morgan fingerprint density at radius 1 is 1.06 bits per heavy atom. The molecule has 0 bridgehead atoms. The van der Waals surface area contributed by atoms with Crippen LogP contribution in [0.3, 0.4) is 0 Å². The number of amides is 2. The molecule has 35 heavy (non-hydrogen) atoms. The van der Waals surface area contributed by atoms with Crippen molar-refractivity contribution in [3.63, 3.8) is 0 Å². The van der Waals surface area contributed by atoms with Crippen LogP contribution in [-0.4, -0.2) is 40.3 Å². The molecule has 2 amide bonds. The third-order valence-electron chi connectivity index (χ3n) is 5.97. The number of nitrogens with zero attached hydrogens (tertiary/aromatic N) is 3. The highest BCUT2D eigenvalue weighted by molar-refractivity contribution is 7.12. The summed E-state index contributed by atoms with van der Waals surface area (Å²) in [6.45, 7) is 2.24. The van der Waals surface area contributed by atoms with Gasteiger partial charge in [-0.1, -0.05) is 18.2 Å². The summed E-state index contributed by atoms with van der Waals surface area (Å²) in [6, 6.07) is 17.1. The minimum absolute atomic E-state index is 0.177. The van der Waals surface area contributed by atoms with Gasteiger partial charge in [0.1, 0.15) is 0 Å². The molecule has 1 aliphatic heterocycles. The van der Waals surface area contributed by atoms with Crippen LogP contribution in [-0.2, 0) is 19.5 Å². The Kier molecular flexibility index (Phi) is 6.65. The Balaban J connectivity index is 1.21. The van der Waals surface area contributed by atoms with Gasteiger partial charge in [0.2, 0.25) is 0 Å². The zero-order chi connectivity index (χ0) is 24.2. The summed E-state index contributed by atoms with van der Waals surface area (Å²) in [5.74, 6) is -0.428. The van der Waals surface area contributed by atoms with Gasteiger partial charge in [0.15, 0.2) is 5.01 Å². The van der Waals surface area contributed by atoms with E-state index in [4.69, 9.17) is 0 Å². The van der Waals surface area contributed by atoms with E-state index in [1.807, 2.05) is 35.7 Å². The van der Waals surface area contributed by atoms with Gasteiger partial charge in [0.25, 0.3) is 11.8 Å². The number of pyridine rings is 1. The molecule has 0 unspecified atom stereocenters. The molecule has 1 aliphatic rings. The van der Waals surface area contributed by atoms with Crippen molar-refractivity contribution in [1.82, 2.24) is 20.2 Å². The van der Waals surface area contributed by atoms with Crippen LogP contribution in [0.25, 0.3) is 11.3 Å². The molecule has 7 nitrogen and oxygen atoms in total. The second-order valence-corrected chi connectivity index (χ2v) is 9.45. The number of carbonyl (C=O) groups is 2. The van der Waals surface area contributed by atoms with Crippen LogP contribution in [0.5, 0.6) is 0 Å². The molecule has 2 aromatic heterocycles. The topological polar surface area (TPSA) is 87.2 Å². The van der Waals surface area contributed by atoms with Crippen LogP contribution in [0.4, 0.5) is 5.69 Å². The quantitative estimate of drug-likeness (QED) is 0.425. The molecule has 0 fully saturated rings. The maximum atomic E-state index is 12.9. The van der Waals surface area contributed by atoms with Crippen LogP contribution in [0.1, 0.15) is 36.9 Å². The maximum absolute atomic E-state index is 12.9. The molecule has 2 N–H and O–H groups in total. The van der Waals surface area contributed by atoms with E-state index in [0.29, 0.717) is 17.1 Å². The first-order chi connectivity index (χ1) is 17.0. The number of fused-ring (bicyclic) bond motifs is 1. The van der Waals surface area contributed by atoms with Crippen molar-refractivity contribution in [2.45, 2.75) is 19.5 Å². The normalized spacial score (nSPS) is 13.2. The van der Waals surface area contributed by atoms with Crippen LogP contribution in [0, 0.1) is 0 Å². The Hall–Kier alpha value is -3.88. The number of likely N-dealkylation sites (N-methyl/N-ethyl adjacent to an activating group) is 1. The SMILES string of the molecule is CN1CCc2ccc(NC(=O)c3cccc(CNC(=O)c4nc(-c5cccnc5)cs4)c3)cc2C1. The van der Waals surface area contributed by atoms with E-state index < -0.39 is 0 Å². The molecular weight excluding hydrogens is 458 g/mol. The van der Waals surface area contributed by atoms with Crippen LogP contribution in [0.15, 0.2) is 72.4 Å². The summed E-state index contributed by atoms with van der Waals surface area (Å²) in [5.41, 5.74) is 6.35. The molecule has 176 valence electrons. The van der Waals surface area contributed by atoms with Crippen LogP contribution < -0.4 is 10.6 Å². The number of benzene rings is 2. The first-order valence-electron chi connectivity index (χ1n) is 11.4. The number of hydrogen-bond acceptors (Lipinski definition) is 6. The number of aromatic nitrogens is 2. The standard InChI is InChI=1S/C27H25N5O2S/c1-32-11-9-19-7-8-23(13-22(19)16-32)30-25(33)20-5-2-4-18(12-20)14-29-26(34)27-31-24(17-35-27)21-6-3-10-28-15-21/h2-8,10,12-13,15,17H,9,11,14,16H2,1H3,(H,29,34)(H,30,33). The molecule has 2 aromatic carbocycles. The summed E-state index contributed by atoms with van der Waals surface area (Å²) < 4.78 is 0. The average Bonchev–Trinajstić information content (AvgIpc) is 3.38. The average molecular weight is 484 g/mol.